The molecule has 1 aliphatic heterocycles. The molecule has 1 aromatic rings. The smallest absolute Gasteiger partial charge is 0.247 e. The molecule has 1 saturated heterocycles. The third kappa shape index (κ3) is 2.90. The summed E-state index contributed by atoms with van der Waals surface area (Å²) in [4.78, 5) is 28.5. The van der Waals surface area contributed by atoms with Crippen molar-refractivity contribution in [2.45, 2.75) is 57.4 Å². The standard InChI is InChI=1S/C23H27N3O2/c24-14-15-3-1-4-19(10-15)25-21(27)20-5-2-6-26(20)22(28)23-11-16-7-17(12-23)9-18(8-16)13-23/h1,3-4,10,16-18,20H,2,5-9,11-13H2,(H,25,27)/t16?,17?,18?,20-,23?/m1/s1. The molecule has 0 aromatic heterocycles. The second-order valence-corrected chi connectivity index (χ2v) is 9.54. The van der Waals surface area contributed by atoms with Gasteiger partial charge in [-0.2, -0.15) is 5.26 Å². The number of nitriles is 1. The van der Waals surface area contributed by atoms with E-state index in [0.29, 0.717) is 17.8 Å². The Morgan fingerprint density at radius 1 is 1.11 bits per heavy atom. The Kier molecular flexibility index (Phi) is 4.19. The Morgan fingerprint density at radius 3 is 2.43 bits per heavy atom. The van der Waals surface area contributed by atoms with Gasteiger partial charge in [-0.1, -0.05) is 6.07 Å². The van der Waals surface area contributed by atoms with Gasteiger partial charge in [-0.05, 0) is 87.3 Å². The summed E-state index contributed by atoms with van der Waals surface area (Å²) in [6.07, 6.45) is 8.64. The first kappa shape index (κ1) is 17.7. The summed E-state index contributed by atoms with van der Waals surface area (Å²) in [5.41, 5.74) is 0.946. The number of amides is 2. The Balaban J connectivity index is 1.33. The van der Waals surface area contributed by atoms with Crippen molar-refractivity contribution in [3.63, 3.8) is 0 Å². The lowest BCUT2D eigenvalue weighted by atomic mass is 9.49. The number of hydrogen-bond donors (Lipinski definition) is 1. The normalized spacial score (nSPS) is 35.6. The summed E-state index contributed by atoms with van der Waals surface area (Å²) in [7, 11) is 0. The van der Waals surface area contributed by atoms with E-state index in [-0.39, 0.29) is 23.3 Å². The van der Waals surface area contributed by atoms with Crippen molar-refractivity contribution < 1.29 is 9.59 Å². The van der Waals surface area contributed by atoms with Gasteiger partial charge in [0, 0.05) is 12.2 Å². The third-order valence-corrected chi connectivity index (χ3v) is 7.57. The minimum absolute atomic E-state index is 0.120. The van der Waals surface area contributed by atoms with Crippen molar-refractivity contribution in [2.24, 2.45) is 23.2 Å². The van der Waals surface area contributed by atoms with Gasteiger partial charge in [-0.15, -0.1) is 0 Å². The molecule has 1 aromatic carbocycles. The number of carbonyl (C=O) groups excluding carboxylic acids is 2. The second-order valence-electron chi connectivity index (χ2n) is 9.54. The van der Waals surface area contributed by atoms with Crippen LogP contribution in [-0.2, 0) is 9.59 Å². The predicted molar refractivity (Wildman–Crippen MR) is 105 cm³/mol. The Bertz CT molecular complexity index is 820. The van der Waals surface area contributed by atoms with Gasteiger partial charge in [0.15, 0.2) is 0 Å². The molecule has 1 heterocycles. The molecule has 146 valence electrons. The van der Waals surface area contributed by atoms with E-state index in [1.165, 1.54) is 19.3 Å². The van der Waals surface area contributed by atoms with Gasteiger partial charge >= 0.3 is 0 Å². The van der Waals surface area contributed by atoms with Crippen molar-refractivity contribution in [1.29, 1.82) is 5.26 Å². The van der Waals surface area contributed by atoms with Crippen LogP contribution in [0.5, 0.6) is 0 Å². The molecule has 0 radical (unpaired) electrons. The minimum atomic E-state index is -0.383. The molecular weight excluding hydrogens is 350 g/mol. The molecule has 5 heteroatoms. The van der Waals surface area contributed by atoms with Crippen LogP contribution in [0.25, 0.3) is 0 Å². The van der Waals surface area contributed by atoms with E-state index in [0.717, 1.165) is 49.9 Å². The molecule has 4 aliphatic carbocycles. The van der Waals surface area contributed by atoms with Crippen LogP contribution < -0.4 is 5.32 Å². The first-order valence-electron chi connectivity index (χ1n) is 10.7. The Labute approximate surface area is 166 Å². The maximum Gasteiger partial charge on any atom is 0.247 e. The second kappa shape index (κ2) is 6.62. The van der Waals surface area contributed by atoms with E-state index in [1.54, 1.807) is 24.3 Å². The lowest BCUT2D eigenvalue weighted by molar-refractivity contribution is -0.160. The summed E-state index contributed by atoms with van der Waals surface area (Å²) in [6, 6.07) is 8.66. The number of anilines is 1. The highest BCUT2D eigenvalue weighted by Gasteiger charge is 2.56. The SMILES string of the molecule is N#Cc1cccc(NC(=O)[C@H]2CCCN2C(=O)C23CC4CC(CC(C4)C2)C3)c1. The summed E-state index contributed by atoms with van der Waals surface area (Å²) >= 11 is 0. The molecule has 4 bridgehead atoms. The molecule has 5 fully saturated rings. The van der Waals surface area contributed by atoms with Crippen LogP contribution in [0.15, 0.2) is 24.3 Å². The minimum Gasteiger partial charge on any atom is -0.330 e. The molecule has 6 rings (SSSR count). The van der Waals surface area contributed by atoms with Crippen molar-refractivity contribution in [2.75, 3.05) is 11.9 Å². The molecule has 2 amide bonds. The molecule has 0 unspecified atom stereocenters. The van der Waals surface area contributed by atoms with E-state index < -0.39 is 0 Å². The van der Waals surface area contributed by atoms with Crippen molar-refractivity contribution >= 4 is 17.5 Å². The molecule has 5 aliphatic rings. The molecule has 1 atom stereocenters. The van der Waals surface area contributed by atoms with Crippen LogP contribution in [0.3, 0.4) is 0 Å². The van der Waals surface area contributed by atoms with Crippen molar-refractivity contribution in [1.82, 2.24) is 4.90 Å². The molecular formula is C23H27N3O2. The zero-order valence-corrected chi connectivity index (χ0v) is 16.2. The highest BCUT2D eigenvalue weighted by atomic mass is 16.2. The monoisotopic (exact) mass is 377 g/mol. The van der Waals surface area contributed by atoms with Gasteiger partial charge in [0.2, 0.25) is 11.8 Å². The number of rotatable bonds is 3. The first-order valence-corrected chi connectivity index (χ1v) is 10.7. The molecule has 4 saturated carbocycles. The summed E-state index contributed by atoms with van der Waals surface area (Å²) < 4.78 is 0. The van der Waals surface area contributed by atoms with Gasteiger partial charge < -0.3 is 10.2 Å². The van der Waals surface area contributed by atoms with E-state index in [2.05, 4.69) is 11.4 Å². The predicted octanol–water partition coefficient (Wildman–Crippen LogP) is 3.70. The fourth-order valence-electron chi connectivity index (χ4n) is 6.85. The topological polar surface area (TPSA) is 73.2 Å². The van der Waals surface area contributed by atoms with E-state index in [9.17, 15) is 9.59 Å². The summed E-state index contributed by atoms with van der Waals surface area (Å²) in [5.74, 6) is 2.29. The number of nitrogens with one attached hydrogen (secondary N) is 1. The molecule has 1 N–H and O–H groups in total. The van der Waals surface area contributed by atoms with Crippen LogP contribution >= 0.6 is 0 Å². The summed E-state index contributed by atoms with van der Waals surface area (Å²) in [5, 5.41) is 12.0. The van der Waals surface area contributed by atoms with Gasteiger partial charge in [0.1, 0.15) is 6.04 Å². The maximum absolute atomic E-state index is 13.7. The van der Waals surface area contributed by atoms with Crippen LogP contribution in [0, 0.1) is 34.5 Å². The Morgan fingerprint density at radius 2 is 1.79 bits per heavy atom. The van der Waals surface area contributed by atoms with Gasteiger partial charge in [-0.3, -0.25) is 9.59 Å². The van der Waals surface area contributed by atoms with Crippen molar-refractivity contribution in [3.05, 3.63) is 29.8 Å². The fourth-order valence-corrected chi connectivity index (χ4v) is 6.85. The average Bonchev–Trinajstić information content (AvgIpc) is 3.16. The highest BCUT2D eigenvalue weighted by molar-refractivity contribution is 5.98. The van der Waals surface area contributed by atoms with E-state index in [4.69, 9.17) is 5.26 Å². The average molecular weight is 377 g/mol. The zero-order valence-electron chi connectivity index (χ0n) is 16.2. The van der Waals surface area contributed by atoms with E-state index in [1.807, 2.05) is 4.90 Å². The van der Waals surface area contributed by atoms with Gasteiger partial charge in [0.05, 0.1) is 17.0 Å². The maximum atomic E-state index is 13.7. The van der Waals surface area contributed by atoms with Gasteiger partial charge in [-0.25, -0.2) is 0 Å². The molecule has 5 nitrogen and oxygen atoms in total. The number of benzene rings is 1. The first-order chi connectivity index (χ1) is 13.6. The number of carbonyl (C=O) groups is 2. The van der Waals surface area contributed by atoms with Crippen LogP contribution in [0.1, 0.15) is 56.9 Å². The van der Waals surface area contributed by atoms with Crippen molar-refractivity contribution in [3.8, 4) is 6.07 Å². The number of nitrogens with zero attached hydrogens (tertiary/aromatic N) is 2. The van der Waals surface area contributed by atoms with Gasteiger partial charge in [0.25, 0.3) is 0 Å². The molecule has 28 heavy (non-hydrogen) atoms. The van der Waals surface area contributed by atoms with E-state index >= 15 is 0 Å². The summed E-state index contributed by atoms with van der Waals surface area (Å²) in [6.45, 7) is 0.691. The van der Waals surface area contributed by atoms with Crippen LogP contribution in [0.2, 0.25) is 0 Å². The largest absolute Gasteiger partial charge is 0.330 e. The van der Waals surface area contributed by atoms with Crippen LogP contribution in [0.4, 0.5) is 5.69 Å². The highest BCUT2D eigenvalue weighted by Crippen LogP contribution is 2.60. The lowest BCUT2D eigenvalue weighted by Crippen LogP contribution is -2.56. The fraction of sp³-hybridized carbons (Fsp3) is 0.609. The quantitative estimate of drug-likeness (QED) is 0.873. The number of hydrogen-bond acceptors (Lipinski definition) is 3. The molecule has 0 spiro atoms. The Hall–Kier alpha value is -2.35. The third-order valence-electron chi connectivity index (χ3n) is 7.57. The lowest BCUT2D eigenvalue weighted by Gasteiger charge is -2.56. The van der Waals surface area contributed by atoms with Crippen LogP contribution in [-0.4, -0.2) is 29.3 Å². The number of likely N-dealkylation sites (tertiary alicyclic amines) is 1. The zero-order chi connectivity index (χ0) is 19.3.